The normalized spacial score (nSPS) is 10.0. The van der Waals surface area contributed by atoms with E-state index < -0.39 is 11.9 Å². The number of ether oxygens (including phenoxy) is 1. The third kappa shape index (κ3) is 5.85. The van der Waals surface area contributed by atoms with Crippen molar-refractivity contribution in [1.82, 2.24) is 10.6 Å². The predicted molar refractivity (Wildman–Crippen MR) is 91.5 cm³/mol. The van der Waals surface area contributed by atoms with Crippen molar-refractivity contribution >= 4 is 29.1 Å². The first-order valence-corrected chi connectivity index (χ1v) is 8.26. The van der Waals surface area contributed by atoms with Gasteiger partial charge in [-0.2, -0.15) is 0 Å². The fraction of sp³-hybridized carbons (Fsp3) is 0.235. The van der Waals surface area contributed by atoms with Gasteiger partial charge in [-0.25, -0.2) is 4.79 Å². The van der Waals surface area contributed by atoms with E-state index in [4.69, 9.17) is 4.74 Å². The van der Waals surface area contributed by atoms with Crippen LogP contribution in [0.5, 0.6) is 5.75 Å². The Morgan fingerprint density at radius 2 is 1.88 bits per heavy atom. The lowest BCUT2D eigenvalue weighted by molar-refractivity contribution is -0.122. The molecule has 1 heterocycles. The Morgan fingerprint density at radius 1 is 1.12 bits per heavy atom. The number of urea groups is 1. The van der Waals surface area contributed by atoms with Crippen molar-refractivity contribution in [1.29, 1.82) is 0 Å². The highest BCUT2D eigenvalue weighted by Crippen LogP contribution is 2.12. The molecule has 0 radical (unpaired) electrons. The van der Waals surface area contributed by atoms with Crippen LogP contribution in [0.25, 0.3) is 0 Å². The van der Waals surface area contributed by atoms with Crippen molar-refractivity contribution in [3.63, 3.8) is 0 Å². The van der Waals surface area contributed by atoms with Crippen LogP contribution in [-0.2, 0) is 11.2 Å². The Balaban J connectivity index is 1.66. The second-order valence-electron chi connectivity index (χ2n) is 5.00. The van der Waals surface area contributed by atoms with E-state index in [1.54, 1.807) is 35.6 Å². The number of imide groups is 1. The number of thiophene rings is 1. The van der Waals surface area contributed by atoms with Crippen LogP contribution in [0.4, 0.5) is 4.79 Å². The third-order valence-corrected chi connectivity index (χ3v) is 4.06. The smallest absolute Gasteiger partial charge is 0.321 e. The van der Waals surface area contributed by atoms with E-state index in [1.165, 1.54) is 11.8 Å². The average molecular weight is 346 g/mol. The molecule has 126 valence electrons. The molecule has 0 aliphatic heterocycles. The molecule has 0 unspecified atom stereocenters. The third-order valence-electron chi connectivity index (χ3n) is 3.12. The molecule has 0 fully saturated rings. The Bertz CT molecular complexity index is 696. The largest absolute Gasteiger partial charge is 0.484 e. The van der Waals surface area contributed by atoms with Gasteiger partial charge >= 0.3 is 6.03 Å². The highest BCUT2D eigenvalue weighted by atomic mass is 32.1. The maximum absolute atomic E-state index is 11.6. The molecule has 24 heavy (non-hydrogen) atoms. The van der Waals surface area contributed by atoms with Crippen LogP contribution >= 0.6 is 11.3 Å². The van der Waals surface area contributed by atoms with Crippen LogP contribution < -0.4 is 15.4 Å². The van der Waals surface area contributed by atoms with Gasteiger partial charge in [-0.3, -0.25) is 14.9 Å². The van der Waals surface area contributed by atoms with E-state index in [2.05, 4.69) is 10.6 Å². The summed E-state index contributed by atoms with van der Waals surface area (Å²) < 4.78 is 5.27. The van der Waals surface area contributed by atoms with Crippen LogP contribution in [0.3, 0.4) is 0 Å². The molecule has 1 aromatic carbocycles. The van der Waals surface area contributed by atoms with Crippen LogP contribution in [0.2, 0.25) is 0 Å². The second kappa shape index (κ2) is 8.83. The molecule has 0 aliphatic carbocycles. The molecule has 3 amide bonds. The number of carbonyl (C=O) groups excluding carboxylic acids is 3. The van der Waals surface area contributed by atoms with Gasteiger partial charge in [0.15, 0.2) is 12.4 Å². The van der Waals surface area contributed by atoms with Crippen molar-refractivity contribution in [3.8, 4) is 5.75 Å². The van der Waals surface area contributed by atoms with Crippen LogP contribution in [-0.4, -0.2) is 30.9 Å². The number of nitrogens with one attached hydrogen (secondary N) is 2. The Hall–Kier alpha value is -2.67. The van der Waals surface area contributed by atoms with Crippen LogP contribution in [0, 0.1) is 0 Å². The lowest BCUT2D eigenvalue weighted by Crippen LogP contribution is -2.42. The number of ketones is 1. The predicted octanol–water partition coefficient (Wildman–Crippen LogP) is 2.40. The van der Waals surface area contributed by atoms with Gasteiger partial charge in [0.2, 0.25) is 0 Å². The van der Waals surface area contributed by atoms with Crippen molar-refractivity contribution in [3.05, 3.63) is 52.2 Å². The van der Waals surface area contributed by atoms with Crippen molar-refractivity contribution in [2.24, 2.45) is 0 Å². The van der Waals surface area contributed by atoms with Gasteiger partial charge in [0.25, 0.3) is 5.91 Å². The molecule has 0 atom stereocenters. The van der Waals surface area contributed by atoms with Gasteiger partial charge in [0.05, 0.1) is 0 Å². The summed E-state index contributed by atoms with van der Waals surface area (Å²) in [4.78, 5) is 35.5. The summed E-state index contributed by atoms with van der Waals surface area (Å²) in [5.74, 6) is -0.133. The monoisotopic (exact) mass is 346 g/mol. The van der Waals surface area contributed by atoms with Gasteiger partial charge < -0.3 is 10.1 Å². The summed E-state index contributed by atoms with van der Waals surface area (Å²) in [6.07, 6.45) is 0.721. The van der Waals surface area contributed by atoms with E-state index in [0.29, 0.717) is 17.9 Å². The van der Waals surface area contributed by atoms with E-state index in [0.717, 1.165) is 6.42 Å². The van der Waals surface area contributed by atoms with Gasteiger partial charge in [-0.1, -0.05) is 6.07 Å². The first-order chi connectivity index (χ1) is 11.5. The topological polar surface area (TPSA) is 84.5 Å². The van der Waals surface area contributed by atoms with Crippen molar-refractivity contribution in [2.75, 3.05) is 13.2 Å². The maximum Gasteiger partial charge on any atom is 0.321 e. The van der Waals surface area contributed by atoms with Crippen molar-refractivity contribution in [2.45, 2.75) is 13.3 Å². The number of hydrogen-bond donors (Lipinski definition) is 2. The molecule has 0 aliphatic rings. The fourth-order valence-electron chi connectivity index (χ4n) is 1.90. The maximum atomic E-state index is 11.6. The molecule has 7 heteroatoms. The summed E-state index contributed by atoms with van der Waals surface area (Å²) in [6, 6.07) is 9.83. The van der Waals surface area contributed by atoms with Crippen LogP contribution in [0.1, 0.15) is 22.2 Å². The zero-order valence-corrected chi connectivity index (χ0v) is 14.0. The molecule has 1 aromatic heterocycles. The Labute approximate surface area is 143 Å². The number of amides is 3. The summed E-state index contributed by atoms with van der Waals surface area (Å²) >= 11 is 1.62. The first kappa shape index (κ1) is 17.7. The zero-order chi connectivity index (χ0) is 17.4. The van der Waals surface area contributed by atoms with Gasteiger partial charge in [0, 0.05) is 17.0 Å². The minimum absolute atomic E-state index is 0.0430. The highest BCUT2D eigenvalue weighted by Gasteiger charge is 2.08. The summed E-state index contributed by atoms with van der Waals surface area (Å²) in [5, 5.41) is 6.78. The summed E-state index contributed by atoms with van der Waals surface area (Å²) in [6.45, 7) is 1.64. The van der Waals surface area contributed by atoms with Gasteiger partial charge in [0.1, 0.15) is 5.75 Å². The number of rotatable bonds is 7. The van der Waals surface area contributed by atoms with E-state index in [1.807, 2.05) is 17.5 Å². The fourth-order valence-corrected chi connectivity index (χ4v) is 2.60. The minimum atomic E-state index is -0.549. The SMILES string of the molecule is CC(=O)c1ccc(OCC(=O)NC(=O)NCCc2cccs2)cc1. The second-order valence-corrected chi connectivity index (χ2v) is 6.03. The molecular formula is C17H18N2O4S. The molecule has 6 nitrogen and oxygen atoms in total. The summed E-state index contributed by atoms with van der Waals surface area (Å²) in [7, 11) is 0. The molecule has 0 spiro atoms. The lowest BCUT2D eigenvalue weighted by atomic mass is 10.1. The average Bonchev–Trinajstić information content (AvgIpc) is 3.06. The molecule has 0 saturated carbocycles. The first-order valence-electron chi connectivity index (χ1n) is 7.38. The zero-order valence-electron chi connectivity index (χ0n) is 13.2. The lowest BCUT2D eigenvalue weighted by Gasteiger charge is -2.08. The number of hydrogen-bond acceptors (Lipinski definition) is 5. The Kier molecular flexibility index (Phi) is 6.51. The number of Topliss-reactive ketones (excluding diaryl/α,β-unsaturated/α-hetero) is 1. The Morgan fingerprint density at radius 3 is 2.50 bits per heavy atom. The molecule has 2 aromatic rings. The standard InChI is InChI=1S/C17H18N2O4S/c1-12(20)13-4-6-14(7-5-13)23-11-16(21)19-17(22)18-9-8-15-3-2-10-24-15/h2-7,10H,8-9,11H2,1H3,(H2,18,19,21,22). The molecule has 2 N–H and O–H groups in total. The van der Waals surface area contributed by atoms with E-state index in [-0.39, 0.29) is 12.4 Å². The quantitative estimate of drug-likeness (QED) is 0.754. The minimum Gasteiger partial charge on any atom is -0.484 e. The van der Waals surface area contributed by atoms with Crippen molar-refractivity contribution < 1.29 is 19.1 Å². The molecule has 2 rings (SSSR count). The number of benzene rings is 1. The molecule has 0 saturated heterocycles. The highest BCUT2D eigenvalue weighted by molar-refractivity contribution is 7.09. The van der Waals surface area contributed by atoms with E-state index in [9.17, 15) is 14.4 Å². The molecule has 0 bridgehead atoms. The van der Waals surface area contributed by atoms with E-state index >= 15 is 0 Å². The van der Waals surface area contributed by atoms with Gasteiger partial charge in [-0.05, 0) is 49.1 Å². The van der Waals surface area contributed by atoms with Crippen LogP contribution in [0.15, 0.2) is 41.8 Å². The molecular weight excluding hydrogens is 328 g/mol. The number of carbonyl (C=O) groups is 3. The van der Waals surface area contributed by atoms with Gasteiger partial charge in [-0.15, -0.1) is 11.3 Å². The summed E-state index contributed by atoms with van der Waals surface area (Å²) in [5.41, 5.74) is 0.567.